The van der Waals surface area contributed by atoms with Crippen molar-refractivity contribution in [2.45, 2.75) is 6.61 Å². The molecule has 1 aliphatic rings. The van der Waals surface area contributed by atoms with E-state index >= 15 is 0 Å². The van der Waals surface area contributed by atoms with Gasteiger partial charge in [0.15, 0.2) is 11.5 Å². The van der Waals surface area contributed by atoms with E-state index in [0.29, 0.717) is 11.5 Å². The monoisotopic (exact) mass is 225 g/mol. The average Bonchev–Trinajstić information content (AvgIpc) is 2.35. The molecule has 1 aliphatic heterocycles. The number of benzene rings is 2. The van der Waals surface area contributed by atoms with E-state index in [1.165, 1.54) is 0 Å². The lowest BCUT2D eigenvalue weighted by molar-refractivity contribution is 0.281. The molecule has 0 atom stereocenters. The van der Waals surface area contributed by atoms with Crippen molar-refractivity contribution in [3.05, 3.63) is 52.5 Å². The molecule has 0 amide bonds. The van der Waals surface area contributed by atoms with Crippen LogP contribution in [-0.2, 0) is 6.61 Å². The highest BCUT2D eigenvalue weighted by Crippen LogP contribution is 2.33. The van der Waals surface area contributed by atoms with E-state index in [0.717, 1.165) is 21.8 Å². The highest BCUT2D eigenvalue weighted by molar-refractivity contribution is 5.57. The van der Waals surface area contributed by atoms with Gasteiger partial charge in [0.25, 0.3) is 0 Å². The lowest BCUT2D eigenvalue weighted by Gasteiger charge is -2.14. The van der Waals surface area contributed by atoms with Crippen LogP contribution in [0.2, 0.25) is 0 Å². The van der Waals surface area contributed by atoms with Crippen molar-refractivity contribution in [2.75, 3.05) is 0 Å². The molecule has 84 valence electrons. The van der Waals surface area contributed by atoms with E-state index < -0.39 is 0 Å². The van der Waals surface area contributed by atoms with E-state index in [1.54, 1.807) is 6.07 Å². The Hall–Kier alpha value is -2.13. The number of aliphatic hydroxyl groups is 1. The van der Waals surface area contributed by atoms with Crippen molar-refractivity contribution in [1.29, 1.82) is 0 Å². The summed E-state index contributed by atoms with van der Waals surface area (Å²) in [5.74, 6) is 1.38. The predicted molar refractivity (Wildman–Crippen MR) is 64.8 cm³/mol. The number of aliphatic hydroxyl groups excluding tert-OH is 1. The molecule has 0 unspecified atom stereocenters. The summed E-state index contributed by atoms with van der Waals surface area (Å²) in [5.41, 5.74) is 1.60. The molecule has 3 rings (SSSR count). The number of hydrogen-bond donors (Lipinski definition) is 1. The average molecular weight is 225 g/mol. The first-order chi connectivity index (χ1) is 8.26. The van der Waals surface area contributed by atoms with Gasteiger partial charge >= 0.3 is 0 Å². The molecule has 0 spiro atoms. The Bertz CT molecular complexity index is 692. The second-order valence-electron chi connectivity index (χ2n) is 3.98. The van der Waals surface area contributed by atoms with Gasteiger partial charge in [-0.3, -0.25) is 0 Å². The van der Waals surface area contributed by atoms with Gasteiger partial charge in [0.1, 0.15) is 11.0 Å². The van der Waals surface area contributed by atoms with Crippen molar-refractivity contribution in [2.24, 2.45) is 4.99 Å². The Kier molecular flexibility index (Phi) is 2.20. The summed E-state index contributed by atoms with van der Waals surface area (Å²) in [6.07, 6.45) is 0. The van der Waals surface area contributed by atoms with Crippen LogP contribution in [0.25, 0.3) is 6.58 Å². The second-order valence-corrected chi connectivity index (χ2v) is 3.98. The molecule has 1 heterocycles. The van der Waals surface area contributed by atoms with Crippen molar-refractivity contribution in [3.63, 3.8) is 0 Å². The van der Waals surface area contributed by atoms with Crippen LogP contribution in [0.15, 0.2) is 41.4 Å². The summed E-state index contributed by atoms with van der Waals surface area (Å²) in [6.45, 7) is 3.86. The van der Waals surface area contributed by atoms with Crippen LogP contribution >= 0.6 is 0 Å². The van der Waals surface area contributed by atoms with Crippen LogP contribution in [0.5, 0.6) is 11.5 Å². The fourth-order valence-corrected chi connectivity index (χ4v) is 1.81. The lowest BCUT2D eigenvalue weighted by Crippen LogP contribution is -2.13. The standard InChI is InChI=1S/C14H11NO2/c1-9-2-4-11-13(6-9)17-14-7-10(8-16)3-5-12(14)15-11/h2-7,16H,1,8H2. The smallest absolute Gasteiger partial charge is 0.153 e. The first-order valence-corrected chi connectivity index (χ1v) is 5.35. The number of hydrogen-bond acceptors (Lipinski definition) is 3. The summed E-state index contributed by atoms with van der Waals surface area (Å²) < 4.78 is 5.76. The van der Waals surface area contributed by atoms with Gasteiger partial charge in [-0.05, 0) is 35.0 Å². The second kappa shape index (κ2) is 3.71. The van der Waals surface area contributed by atoms with Crippen molar-refractivity contribution in [3.8, 4) is 11.5 Å². The lowest BCUT2D eigenvalue weighted by atomic mass is 10.2. The molecule has 0 saturated heterocycles. The minimum Gasteiger partial charge on any atom is -0.453 e. The molecule has 17 heavy (non-hydrogen) atoms. The third kappa shape index (κ3) is 1.70. The van der Waals surface area contributed by atoms with E-state index in [9.17, 15) is 0 Å². The minimum atomic E-state index is -0.00112. The van der Waals surface area contributed by atoms with E-state index in [-0.39, 0.29) is 6.61 Å². The summed E-state index contributed by atoms with van der Waals surface area (Å²) in [7, 11) is 0. The fraction of sp³-hybridized carbons (Fsp3) is 0.0714. The fourth-order valence-electron chi connectivity index (χ4n) is 1.81. The van der Waals surface area contributed by atoms with Crippen LogP contribution in [0, 0.1) is 0 Å². The first-order valence-electron chi connectivity index (χ1n) is 5.35. The zero-order valence-corrected chi connectivity index (χ0v) is 9.18. The van der Waals surface area contributed by atoms with Crippen LogP contribution in [0.3, 0.4) is 0 Å². The maximum atomic E-state index is 9.08. The molecule has 0 saturated carbocycles. The summed E-state index contributed by atoms with van der Waals surface area (Å²) in [6, 6.07) is 11.1. The molecular weight excluding hydrogens is 214 g/mol. The molecule has 0 aliphatic carbocycles. The first kappa shape index (κ1) is 10.1. The normalized spacial score (nSPS) is 12.1. The van der Waals surface area contributed by atoms with Gasteiger partial charge in [-0.25, -0.2) is 4.99 Å². The summed E-state index contributed by atoms with van der Waals surface area (Å²) >= 11 is 0. The third-order valence-electron chi connectivity index (χ3n) is 2.69. The number of rotatable bonds is 1. The van der Waals surface area contributed by atoms with Gasteiger partial charge in [-0.2, -0.15) is 0 Å². The molecule has 1 N–H and O–H groups in total. The van der Waals surface area contributed by atoms with E-state index in [4.69, 9.17) is 9.84 Å². The minimum absolute atomic E-state index is 0.00112. The van der Waals surface area contributed by atoms with Crippen LogP contribution in [-0.4, -0.2) is 5.11 Å². The Morgan fingerprint density at radius 2 is 2.00 bits per heavy atom. The largest absolute Gasteiger partial charge is 0.453 e. The number of nitrogens with zero attached hydrogens (tertiary/aromatic N) is 1. The Morgan fingerprint density at radius 1 is 1.12 bits per heavy atom. The molecule has 0 aromatic heterocycles. The molecule has 2 aromatic carbocycles. The zero-order valence-electron chi connectivity index (χ0n) is 9.18. The molecule has 0 fully saturated rings. The molecular formula is C14H11NO2. The van der Waals surface area contributed by atoms with Crippen molar-refractivity contribution >= 4 is 12.3 Å². The highest BCUT2D eigenvalue weighted by Gasteiger charge is 2.12. The molecule has 0 bridgehead atoms. The van der Waals surface area contributed by atoms with Crippen LogP contribution in [0.4, 0.5) is 5.69 Å². The van der Waals surface area contributed by atoms with Gasteiger partial charge in [-0.1, -0.05) is 18.7 Å². The molecule has 2 aromatic rings. The topological polar surface area (TPSA) is 41.8 Å². The maximum Gasteiger partial charge on any atom is 0.153 e. The quantitative estimate of drug-likeness (QED) is 0.684. The van der Waals surface area contributed by atoms with Gasteiger partial charge in [0.05, 0.1) is 6.61 Å². The third-order valence-corrected chi connectivity index (χ3v) is 2.69. The summed E-state index contributed by atoms with van der Waals surface area (Å²) in [4.78, 5) is 4.49. The number of ether oxygens (including phenoxy) is 1. The molecule has 0 radical (unpaired) electrons. The maximum absolute atomic E-state index is 9.08. The molecule has 3 heteroatoms. The SMILES string of the molecule is C=c1ccc2c(c1)Oc1cc(CO)ccc1N=2. The van der Waals surface area contributed by atoms with Gasteiger partial charge in [0, 0.05) is 0 Å². The predicted octanol–water partition coefficient (Wildman–Crippen LogP) is 1.65. The van der Waals surface area contributed by atoms with Gasteiger partial charge in [-0.15, -0.1) is 0 Å². The highest BCUT2D eigenvalue weighted by atomic mass is 16.5. The van der Waals surface area contributed by atoms with Crippen LogP contribution in [0.1, 0.15) is 5.56 Å². The Balaban J connectivity index is 2.21. The Morgan fingerprint density at radius 3 is 2.82 bits per heavy atom. The number of fused-ring (bicyclic) bond motifs is 2. The Labute approximate surface area is 98.3 Å². The van der Waals surface area contributed by atoms with Gasteiger partial charge < -0.3 is 9.84 Å². The summed E-state index contributed by atoms with van der Waals surface area (Å²) in [5, 5.41) is 10.8. The van der Waals surface area contributed by atoms with Gasteiger partial charge in [0.2, 0.25) is 0 Å². The molecule has 3 nitrogen and oxygen atoms in total. The zero-order chi connectivity index (χ0) is 11.8. The van der Waals surface area contributed by atoms with Crippen molar-refractivity contribution < 1.29 is 9.84 Å². The van der Waals surface area contributed by atoms with E-state index in [2.05, 4.69) is 11.6 Å². The van der Waals surface area contributed by atoms with Crippen LogP contribution < -0.4 is 15.3 Å². The van der Waals surface area contributed by atoms with E-state index in [1.807, 2.05) is 30.3 Å². The van der Waals surface area contributed by atoms with Crippen molar-refractivity contribution in [1.82, 2.24) is 0 Å².